The van der Waals surface area contributed by atoms with Crippen molar-refractivity contribution in [3.8, 4) is 11.5 Å². The second-order valence-corrected chi connectivity index (χ2v) is 7.64. The van der Waals surface area contributed by atoms with E-state index in [-0.39, 0.29) is 18.3 Å². The number of carbonyl (C=O) groups excluding carboxylic acids is 1. The number of methoxy groups -OCH3 is 1. The van der Waals surface area contributed by atoms with E-state index in [0.29, 0.717) is 23.7 Å². The number of piperidine rings is 1. The molecule has 1 aromatic carbocycles. The molecular weight excluding hydrogens is 350 g/mol. The summed E-state index contributed by atoms with van der Waals surface area (Å²) >= 11 is 0. The van der Waals surface area contributed by atoms with Crippen molar-refractivity contribution in [3.63, 3.8) is 0 Å². The van der Waals surface area contributed by atoms with E-state index < -0.39 is 0 Å². The van der Waals surface area contributed by atoms with Crippen LogP contribution in [0.2, 0.25) is 0 Å². The van der Waals surface area contributed by atoms with Crippen LogP contribution < -0.4 is 9.47 Å². The summed E-state index contributed by atoms with van der Waals surface area (Å²) in [5.41, 5.74) is 0. The monoisotopic (exact) mass is 377 g/mol. The van der Waals surface area contributed by atoms with E-state index in [1.165, 1.54) is 6.42 Å². The first-order valence-corrected chi connectivity index (χ1v) is 9.47. The third-order valence-corrected chi connectivity index (χ3v) is 6.07. The van der Waals surface area contributed by atoms with Gasteiger partial charge in [0.1, 0.15) is 11.5 Å². The highest BCUT2D eigenvalue weighted by atomic mass is 35.5. The van der Waals surface area contributed by atoms with Crippen molar-refractivity contribution in [3.05, 3.63) is 36.4 Å². The van der Waals surface area contributed by atoms with Crippen molar-refractivity contribution in [2.24, 2.45) is 23.7 Å². The quantitative estimate of drug-likeness (QED) is 0.729. The Morgan fingerprint density at radius 3 is 2.35 bits per heavy atom. The molecule has 0 spiro atoms. The minimum absolute atomic E-state index is 0. The molecule has 1 saturated carbocycles. The first-order chi connectivity index (χ1) is 12.2. The Morgan fingerprint density at radius 2 is 1.77 bits per heavy atom. The third-order valence-electron chi connectivity index (χ3n) is 6.07. The summed E-state index contributed by atoms with van der Waals surface area (Å²) in [6.45, 7) is 2.49. The van der Waals surface area contributed by atoms with Gasteiger partial charge in [0.15, 0.2) is 0 Å². The highest BCUT2D eigenvalue weighted by Crippen LogP contribution is 2.44. The molecule has 3 atom stereocenters. The van der Waals surface area contributed by atoms with Crippen LogP contribution in [-0.4, -0.2) is 37.6 Å². The van der Waals surface area contributed by atoms with Gasteiger partial charge in [-0.3, -0.25) is 4.79 Å². The van der Waals surface area contributed by atoms with E-state index in [2.05, 4.69) is 17.1 Å². The van der Waals surface area contributed by atoms with Crippen LogP contribution in [0.15, 0.2) is 36.4 Å². The van der Waals surface area contributed by atoms with E-state index >= 15 is 0 Å². The van der Waals surface area contributed by atoms with Gasteiger partial charge in [0.05, 0.1) is 13.7 Å². The lowest BCUT2D eigenvalue weighted by molar-refractivity contribution is -0.137. The van der Waals surface area contributed by atoms with Crippen molar-refractivity contribution in [1.29, 1.82) is 0 Å². The molecule has 4 rings (SSSR count). The minimum atomic E-state index is 0. The Morgan fingerprint density at radius 1 is 1.08 bits per heavy atom. The standard InChI is InChI=1S/C21H27NO3.ClH/c1-24-18-4-6-19(7-5-18)25-14-15-8-10-22(11-9-15)21(23)20-13-16-2-3-17(20)12-16;/h2-7,15-17,20H,8-14H2,1H3;1H/t16-,17+,20-;/m1./s1. The SMILES string of the molecule is COc1ccc(OCC2CCN(C(=O)[C@@H]3C[C@@H]4C=C[C@H]3C4)CC2)cc1.Cl. The second-order valence-electron chi connectivity index (χ2n) is 7.64. The Balaban J connectivity index is 0.00000196. The molecule has 2 bridgehead atoms. The van der Waals surface area contributed by atoms with Crippen LogP contribution in [0, 0.1) is 23.7 Å². The van der Waals surface area contributed by atoms with Crippen LogP contribution in [0.3, 0.4) is 0 Å². The van der Waals surface area contributed by atoms with Crippen LogP contribution in [0.1, 0.15) is 25.7 Å². The molecule has 4 nitrogen and oxygen atoms in total. The number of hydrogen-bond acceptors (Lipinski definition) is 3. The topological polar surface area (TPSA) is 38.8 Å². The van der Waals surface area contributed by atoms with Gasteiger partial charge < -0.3 is 14.4 Å². The molecular formula is C21H28ClNO3. The second kappa shape index (κ2) is 8.34. The van der Waals surface area contributed by atoms with Crippen molar-refractivity contribution >= 4 is 18.3 Å². The number of benzene rings is 1. The average Bonchev–Trinajstić information content (AvgIpc) is 3.30. The fraction of sp³-hybridized carbons (Fsp3) is 0.571. The number of amides is 1. The van der Waals surface area contributed by atoms with Crippen molar-refractivity contribution in [2.75, 3.05) is 26.8 Å². The highest BCUT2D eigenvalue weighted by Gasteiger charge is 2.41. The zero-order valence-corrected chi connectivity index (χ0v) is 16.1. The first kappa shape index (κ1) is 19.1. The van der Waals surface area contributed by atoms with Crippen molar-refractivity contribution in [1.82, 2.24) is 4.90 Å². The first-order valence-electron chi connectivity index (χ1n) is 9.47. The van der Waals surface area contributed by atoms with E-state index in [1.807, 2.05) is 24.3 Å². The van der Waals surface area contributed by atoms with Crippen LogP contribution in [0.4, 0.5) is 0 Å². The van der Waals surface area contributed by atoms with Crippen LogP contribution >= 0.6 is 12.4 Å². The van der Waals surface area contributed by atoms with E-state index in [1.54, 1.807) is 7.11 Å². The molecule has 2 fully saturated rings. The maximum atomic E-state index is 12.8. The normalized spacial score (nSPS) is 27.3. The zero-order valence-electron chi connectivity index (χ0n) is 15.3. The summed E-state index contributed by atoms with van der Waals surface area (Å²) in [5.74, 6) is 4.07. The van der Waals surface area contributed by atoms with Crippen LogP contribution in [0.5, 0.6) is 11.5 Å². The summed E-state index contributed by atoms with van der Waals surface area (Å²) < 4.78 is 11.1. The highest BCUT2D eigenvalue weighted by molar-refractivity contribution is 5.85. The smallest absolute Gasteiger partial charge is 0.226 e. The number of allylic oxidation sites excluding steroid dienone is 2. The molecule has 1 aliphatic heterocycles. The molecule has 2 aliphatic carbocycles. The molecule has 26 heavy (non-hydrogen) atoms. The van der Waals surface area contributed by atoms with Gasteiger partial charge in [0.25, 0.3) is 0 Å². The van der Waals surface area contributed by atoms with E-state index in [9.17, 15) is 4.79 Å². The summed E-state index contributed by atoms with van der Waals surface area (Å²) in [6.07, 6.45) is 8.92. The lowest BCUT2D eigenvalue weighted by Crippen LogP contribution is -2.43. The maximum Gasteiger partial charge on any atom is 0.226 e. The molecule has 0 unspecified atom stereocenters. The largest absolute Gasteiger partial charge is 0.497 e. The Bertz CT molecular complexity index is 637. The average molecular weight is 378 g/mol. The predicted molar refractivity (Wildman–Crippen MR) is 104 cm³/mol. The van der Waals surface area contributed by atoms with Gasteiger partial charge in [-0.25, -0.2) is 0 Å². The number of hydrogen-bond donors (Lipinski definition) is 0. The lowest BCUT2D eigenvalue weighted by atomic mass is 9.90. The summed E-state index contributed by atoms with van der Waals surface area (Å²) in [7, 11) is 1.66. The Kier molecular flexibility index (Phi) is 6.13. The Labute approximate surface area is 161 Å². The van der Waals surface area contributed by atoms with E-state index in [4.69, 9.17) is 9.47 Å². The fourth-order valence-corrected chi connectivity index (χ4v) is 4.51. The number of rotatable bonds is 5. The summed E-state index contributed by atoms with van der Waals surface area (Å²) in [5, 5.41) is 0. The molecule has 0 radical (unpaired) electrons. The molecule has 3 aliphatic rings. The number of likely N-dealkylation sites (tertiary alicyclic amines) is 1. The van der Waals surface area contributed by atoms with Gasteiger partial charge in [-0.1, -0.05) is 12.2 Å². The Hall–Kier alpha value is -1.68. The van der Waals surface area contributed by atoms with Gasteiger partial charge in [-0.2, -0.15) is 0 Å². The molecule has 142 valence electrons. The molecule has 1 saturated heterocycles. The maximum absolute atomic E-state index is 12.8. The summed E-state index contributed by atoms with van der Waals surface area (Å²) in [4.78, 5) is 14.9. The number of halogens is 1. The van der Waals surface area contributed by atoms with E-state index in [0.717, 1.165) is 50.5 Å². The van der Waals surface area contributed by atoms with Crippen molar-refractivity contribution in [2.45, 2.75) is 25.7 Å². The lowest BCUT2D eigenvalue weighted by Gasteiger charge is -2.34. The van der Waals surface area contributed by atoms with Gasteiger partial charge in [-0.15, -0.1) is 12.4 Å². The van der Waals surface area contributed by atoms with Gasteiger partial charge in [-0.05, 0) is 67.7 Å². The molecule has 1 heterocycles. The summed E-state index contributed by atoms with van der Waals surface area (Å²) in [6, 6.07) is 7.72. The number of fused-ring (bicyclic) bond motifs is 2. The fourth-order valence-electron chi connectivity index (χ4n) is 4.51. The number of carbonyl (C=O) groups is 1. The van der Waals surface area contributed by atoms with Gasteiger partial charge in [0.2, 0.25) is 5.91 Å². The molecule has 1 amide bonds. The number of ether oxygens (including phenoxy) is 2. The molecule has 0 aromatic heterocycles. The van der Waals surface area contributed by atoms with Gasteiger partial charge in [0, 0.05) is 19.0 Å². The van der Waals surface area contributed by atoms with Gasteiger partial charge >= 0.3 is 0 Å². The molecule has 0 N–H and O–H groups in total. The third kappa shape index (κ3) is 4.01. The number of nitrogens with zero attached hydrogens (tertiary/aromatic N) is 1. The zero-order chi connectivity index (χ0) is 17.2. The molecule has 5 heteroatoms. The van der Waals surface area contributed by atoms with Crippen LogP contribution in [-0.2, 0) is 4.79 Å². The van der Waals surface area contributed by atoms with Crippen molar-refractivity contribution < 1.29 is 14.3 Å². The predicted octanol–water partition coefficient (Wildman–Crippen LogP) is 3.95. The van der Waals surface area contributed by atoms with Crippen LogP contribution in [0.25, 0.3) is 0 Å². The minimum Gasteiger partial charge on any atom is -0.497 e. The molecule has 1 aromatic rings.